The number of likely N-dealkylation sites (N-methyl/N-ethyl adjacent to an activating group) is 1. The lowest BCUT2D eigenvalue weighted by atomic mass is 10.1. The molecule has 0 saturated heterocycles. The number of carbonyl (C=O) groups is 1. The summed E-state index contributed by atoms with van der Waals surface area (Å²) in [7, 11) is 4.16. The van der Waals surface area contributed by atoms with Gasteiger partial charge in [0.2, 0.25) is 12.7 Å². The topological polar surface area (TPSA) is 56.1 Å². The van der Waals surface area contributed by atoms with Crippen LogP contribution in [0.2, 0.25) is 0 Å². The first kappa shape index (κ1) is 17.8. The number of carbonyl (C=O) groups excluding carboxylic acids is 1. The molecule has 0 fully saturated rings. The zero-order chi connectivity index (χ0) is 18.8. The standard InChI is InChI=1S/C20H21N3O3S/c1-22(2)8-9-23(19(24)10-14-6-4-3-5-7-14)20-21-15-11-16-17(26-13-25-16)12-18(15)27-20/h3-7,11-12H,8-10,13H2,1-2H3/p+1. The zero-order valence-corrected chi connectivity index (χ0v) is 16.2. The summed E-state index contributed by atoms with van der Waals surface area (Å²) in [5.74, 6) is 1.50. The number of amides is 1. The third-order valence-corrected chi connectivity index (χ3v) is 5.48. The monoisotopic (exact) mass is 384 g/mol. The van der Waals surface area contributed by atoms with Crippen LogP contribution in [-0.2, 0) is 11.2 Å². The molecule has 0 aliphatic carbocycles. The predicted molar refractivity (Wildman–Crippen MR) is 106 cm³/mol. The fourth-order valence-corrected chi connectivity index (χ4v) is 3.97. The molecule has 6 nitrogen and oxygen atoms in total. The molecule has 1 aliphatic heterocycles. The summed E-state index contributed by atoms with van der Waals surface area (Å²) in [6.45, 7) is 1.71. The Morgan fingerprint density at radius 3 is 2.67 bits per heavy atom. The van der Waals surface area contributed by atoms with Gasteiger partial charge < -0.3 is 14.4 Å². The average Bonchev–Trinajstić information content (AvgIpc) is 3.26. The van der Waals surface area contributed by atoms with E-state index in [9.17, 15) is 4.79 Å². The minimum absolute atomic E-state index is 0.0570. The van der Waals surface area contributed by atoms with Gasteiger partial charge in [0.05, 0.1) is 43.8 Å². The molecular weight excluding hydrogens is 362 g/mol. The highest BCUT2D eigenvalue weighted by Crippen LogP contribution is 2.39. The van der Waals surface area contributed by atoms with E-state index < -0.39 is 0 Å². The van der Waals surface area contributed by atoms with Crippen LogP contribution >= 0.6 is 11.3 Å². The van der Waals surface area contributed by atoms with Crippen molar-refractivity contribution < 1.29 is 19.2 Å². The van der Waals surface area contributed by atoms with Crippen LogP contribution in [0.1, 0.15) is 5.56 Å². The summed E-state index contributed by atoms with van der Waals surface area (Å²) in [5.41, 5.74) is 1.83. The number of quaternary nitrogens is 1. The molecule has 2 heterocycles. The maximum Gasteiger partial charge on any atom is 0.233 e. The van der Waals surface area contributed by atoms with Crippen LogP contribution in [0.5, 0.6) is 11.5 Å². The van der Waals surface area contributed by atoms with E-state index in [2.05, 4.69) is 14.1 Å². The quantitative estimate of drug-likeness (QED) is 0.704. The molecule has 0 unspecified atom stereocenters. The highest BCUT2D eigenvalue weighted by atomic mass is 32.1. The Hall–Kier alpha value is -2.64. The lowest BCUT2D eigenvalue weighted by Gasteiger charge is -2.20. The molecule has 4 rings (SSSR count). The van der Waals surface area contributed by atoms with Crippen molar-refractivity contribution >= 4 is 32.6 Å². The van der Waals surface area contributed by atoms with Gasteiger partial charge in [0.25, 0.3) is 0 Å². The Morgan fingerprint density at radius 2 is 1.93 bits per heavy atom. The molecule has 2 aromatic carbocycles. The van der Waals surface area contributed by atoms with Gasteiger partial charge in [0.15, 0.2) is 16.6 Å². The third kappa shape index (κ3) is 3.89. The van der Waals surface area contributed by atoms with Crippen LogP contribution in [0.4, 0.5) is 5.13 Å². The van der Waals surface area contributed by atoms with Crippen LogP contribution in [-0.4, -0.2) is 44.9 Å². The molecule has 27 heavy (non-hydrogen) atoms. The van der Waals surface area contributed by atoms with E-state index in [4.69, 9.17) is 14.5 Å². The first-order valence-corrected chi connectivity index (χ1v) is 9.75. The maximum absolute atomic E-state index is 13.0. The molecule has 7 heteroatoms. The van der Waals surface area contributed by atoms with Crippen molar-refractivity contribution in [2.45, 2.75) is 6.42 Å². The summed E-state index contributed by atoms with van der Waals surface area (Å²) in [4.78, 5) is 20.8. The Kier molecular flexibility index (Phi) is 4.96. The Bertz CT molecular complexity index is 915. The Labute approximate surface area is 161 Å². The number of aromatic nitrogens is 1. The molecule has 0 saturated carbocycles. The van der Waals surface area contributed by atoms with Crippen LogP contribution in [0, 0.1) is 0 Å². The van der Waals surface area contributed by atoms with E-state index in [-0.39, 0.29) is 12.7 Å². The highest BCUT2D eigenvalue weighted by Gasteiger charge is 2.23. The molecule has 140 valence electrons. The number of benzene rings is 2. The van der Waals surface area contributed by atoms with E-state index >= 15 is 0 Å². The van der Waals surface area contributed by atoms with Gasteiger partial charge in [-0.15, -0.1) is 0 Å². The molecule has 0 bridgehead atoms. The number of rotatable bonds is 6. The molecule has 1 aromatic heterocycles. The van der Waals surface area contributed by atoms with Crippen molar-refractivity contribution in [2.75, 3.05) is 38.9 Å². The van der Waals surface area contributed by atoms with Crippen molar-refractivity contribution in [3.05, 3.63) is 48.0 Å². The first-order valence-electron chi connectivity index (χ1n) is 8.93. The molecule has 3 aromatic rings. The second kappa shape index (κ2) is 7.54. The predicted octanol–water partition coefficient (Wildman–Crippen LogP) is 1.75. The summed E-state index contributed by atoms with van der Waals surface area (Å²) in [6.07, 6.45) is 0.363. The smallest absolute Gasteiger partial charge is 0.233 e. The summed E-state index contributed by atoms with van der Waals surface area (Å²) < 4.78 is 11.9. The first-order chi connectivity index (χ1) is 13.1. The molecule has 1 amide bonds. The minimum atomic E-state index is 0.0570. The molecule has 0 radical (unpaired) electrons. The number of nitrogens with zero attached hydrogens (tertiary/aromatic N) is 2. The lowest BCUT2D eigenvalue weighted by molar-refractivity contribution is -0.856. The largest absolute Gasteiger partial charge is 0.454 e. The van der Waals surface area contributed by atoms with Gasteiger partial charge in [-0.25, -0.2) is 4.98 Å². The zero-order valence-electron chi connectivity index (χ0n) is 15.4. The fourth-order valence-electron chi connectivity index (χ4n) is 2.95. The van der Waals surface area contributed by atoms with Crippen molar-refractivity contribution in [1.29, 1.82) is 0 Å². The summed E-state index contributed by atoms with van der Waals surface area (Å²) in [6, 6.07) is 13.6. The number of nitrogens with one attached hydrogen (secondary N) is 1. The van der Waals surface area contributed by atoms with E-state index in [0.29, 0.717) is 18.7 Å². The Balaban J connectivity index is 1.63. The molecule has 1 N–H and O–H groups in total. The van der Waals surface area contributed by atoms with E-state index in [1.807, 2.05) is 42.5 Å². The Morgan fingerprint density at radius 1 is 1.19 bits per heavy atom. The number of anilines is 1. The second-order valence-electron chi connectivity index (χ2n) is 6.83. The minimum Gasteiger partial charge on any atom is -0.454 e. The van der Waals surface area contributed by atoms with E-state index in [1.165, 1.54) is 16.2 Å². The van der Waals surface area contributed by atoms with E-state index in [0.717, 1.165) is 33.2 Å². The lowest BCUT2D eigenvalue weighted by Crippen LogP contribution is -3.06. The van der Waals surface area contributed by atoms with E-state index in [1.54, 1.807) is 4.90 Å². The highest BCUT2D eigenvalue weighted by molar-refractivity contribution is 7.22. The molecule has 0 atom stereocenters. The van der Waals surface area contributed by atoms with Gasteiger partial charge in [-0.3, -0.25) is 9.69 Å². The van der Waals surface area contributed by atoms with Gasteiger partial charge in [0, 0.05) is 12.1 Å². The molecular formula is C20H22N3O3S+. The van der Waals surface area contributed by atoms with Crippen molar-refractivity contribution in [3.8, 4) is 11.5 Å². The van der Waals surface area contributed by atoms with Crippen molar-refractivity contribution in [3.63, 3.8) is 0 Å². The van der Waals surface area contributed by atoms with Gasteiger partial charge in [-0.2, -0.15) is 0 Å². The van der Waals surface area contributed by atoms with Gasteiger partial charge >= 0.3 is 0 Å². The molecule has 0 spiro atoms. The van der Waals surface area contributed by atoms with Crippen molar-refractivity contribution in [1.82, 2.24) is 4.98 Å². The van der Waals surface area contributed by atoms with Gasteiger partial charge in [-0.1, -0.05) is 41.7 Å². The van der Waals surface area contributed by atoms with Crippen LogP contribution < -0.4 is 19.3 Å². The fraction of sp³-hybridized carbons (Fsp3) is 0.300. The number of thiazole rings is 1. The van der Waals surface area contributed by atoms with Crippen LogP contribution in [0.25, 0.3) is 10.2 Å². The number of hydrogen-bond acceptors (Lipinski definition) is 5. The van der Waals surface area contributed by atoms with Crippen LogP contribution in [0.15, 0.2) is 42.5 Å². The maximum atomic E-state index is 13.0. The number of fused-ring (bicyclic) bond motifs is 2. The van der Waals surface area contributed by atoms with Crippen molar-refractivity contribution in [2.24, 2.45) is 0 Å². The average molecular weight is 384 g/mol. The number of hydrogen-bond donors (Lipinski definition) is 1. The second-order valence-corrected chi connectivity index (χ2v) is 7.84. The number of ether oxygens (including phenoxy) is 2. The SMILES string of the molecule is C[NH+](C)CCN(C(=O)Cc1ccccc1)c1nc2cc3c(cc2s1)OCO3. The van der Waals surface area contributed by atoms with Crippen LogP contribution in [0.3, 0.4) is 0 Å². The van der Waals surface area contributed by atoms with Gasteiger partial charge in [0.1, 0.15) is 0 Å². The summed E-state index contributed by atoms with van der Waals surface area (Å²) >= 11 is 1.51. The van der Waals surface area contributed by atoms with Gasteiger partial charge in [-0.05, 0) is 5.56 Å². The third-order valence-electron chi connectivity index (χ3n) is 4.44. The molecule has 1 aliphatic rings. The normalized spacial score (nSPS) is 12.7. The summed E-state index contributed by atoms with van der Waals surface area (Å²) in [5, 5.41) is 0.718.